The van der Waals surface area contributed by atoms with Crippen LogP contribution in [-0.2, 0) is 11.3 Å². The van der Waals surface area contributed by atoms with Gasteiger partial charge in [-0.3, -0.25) is 9.63 Å². The van der Waals surface area contributed by atoms with Crippen LogP contribution < -0.4 is 10.8 Å². The fourth-order valence-corrected chi connectivity index (χ4v) is 3.19. The Hall–Kier alpha value is -2.39. The number of nitrogens with zero attached hydrogens (tertiary/aromatic N) is 2. The molecule has 10 heteroatoms. The molecule has 0 saturated heterocycles. The second-order valence-electron chi connectivity index (χ2n) is 5.89. The first-order valence-corrected chi connectivity index (χ1v) is 9.06. The van der Waals surface area contributed by atoms with Crippen LogP contribution >= 0.6 is 23.2 Å². The van der Waals surface area contributed by atoms with Gasteiger partial charge in [0.05, 0.1) is 29.1 Å². The average molecular weight is 427 g/mol. The predicted molar refractivity (Wildman–Crippen MR) is 105 cm³/mol. The molecule has 148 valence electrons. The van der Waals surface area contributed by atoms with E-state index in [0.29, 0.717) is 29.2 Å². The van der Waals surface area contributed by atoms with Crippen LogP contribution in [0, 0.1) is 5.82 Å². The second kappa shape index (κ2) is 8.74. The van der Waals surface area contributed by atoms with Gasteiger partial charge in [0.25, 0.3) is 5.91 Å². The number of carbonyl (C=O) groups is 1. The Balaban J connectivity index is 2.14. The van der Waals surface area contributed by atoms with Crippen molar-refractivity contribution in [2.24, 2.45) is 0 Å². The SMILES string of the molecule is CONC(=O)c1cn2c(CCCO)cnc2c(F)c1Nc1ccc(Cl)cc1Cl. The third kappa shape index (κ3) is 4.05. The van der Waals surface area contributed by atoms with Gasteiger partial charge in [-0.05, 0) is 31.0 Å². The number of carbonyl (C=O) groups excluding carboxylic acids is 1. The standard InChI is InChI=1S/C18H17Cl2FN4O3/c1-28-24-18(27)12-9-25-11(3-2-6-26)8-22-17(25)15(21)16(12)23-14-5-4-10(19)7-13(14)20/h4-5,7-9,23,26H,2-3,6H2,1H3,(H,24,27). The number of rotatable bonds is 7. The molecule has 0 aliphatic heterocycles. The molecule has 0 aliphatic rings. The topological polar surface area (TPSA) is 87.9 Å². The van der Waals surface area contributed by atoms with Gasteiger partial charge in [-0.15, -0.1) is 0 Å². The predicted octanol–water partition coefficient (Wildman–Crippen LogP) is 3.74. The summed E-state index contributed by atoms with van der Waals surface area (Å²) in [6.07, 6.45) is 3.91. The van der Waals surface area contributed by atoms with Gasteiger partial charge in [0.1, 0.15) is 0 Å². The highest BCUT2D eigenvalue weighted by atomic mass is 35.5. The Kier molecular flexibility index (Phi) is 6.35. The lowest BCUT2D eigenvalue weighted by Crippen LogP contribution is -2.24. The number of hydrogen-bond donors (Lipinski definition) is 3. The summed E-state index contributed by atoms with van der Waals surface area (Å²) in [5.41, 5.74) is 3.13. The van der Waals surface area contributed by atoms with Crippen molar-refractivity contribution in [2.75, 3.05) is 19.0 Å². The van der Waals surface area contributed by atoms with E-state index in [0.717, 1.165) is 0 Å². The fraction of sp³-hybridized carbons (Fsp3) is 0.222. The molecule has 0 aliphatic carbocycles. The molecule has 3 rings (SSSR count). The van der Waals surface area contributed by atoms with Gasteiger partial charge in [-0.1, -0.05) is 23.2 Å². The van der Waals surface area contributed by atoms with E-state index >= 15 is 4.39 Å². The van der Waals surface area contributed by atoms with Gasteiger partial charge in [0.15, 0.2) is 11.5 Å². The summed E-state index contributed by atoms with van der Waals surface area (Å²) in [6, 6.07) is 4.66. The molecule has 0 fully saturated rings. The lowest BCUT2D eigenvalue weighted by Gasteiger charge is -2.15. The molecule has 2 aromatic heterocycles. The van der Waals surface area contributed by atoms with Gasteiger partial charge < -0.3 is 14.8 Å². The van der Waals surface area contributed by atoms with Crippen molar-refractivity contribution in [3.63, 3.8) is 0 Å². The minimum Gasteiger partial charge on any atom is -0.396 e. The van der Waals surface area contributed by atoms with E-state index in [1.165, 1.54) is 30.0 Å². The van der Waals surface area contributed by atoms with E-state index in [1.807, 2.05) is 0 Å². The Labute approximate surface area is 170 Å². The summed E-state index contributed by atoms with van der Waals surface area (Å²) in [5.74, 6) is -1.39. The lowest BCUT2D eigenvalue weighted by atomic mass is 10.2. The van der Waals surface area contributed by atoms with Gasteiger partial charge in [0, 0.05) is 29.7 Å². The average Bonchev–Trinajstić information content (AvgIpc) is 3.07. The minimum absolute atomic E-state index is 0.0125. The quantitative estimate of drug-likeness (QED) is 0.500. The van der Waals surface area contributed by atoms with Crippen molar-refractivity contribution in [3.05, 3.63) is 57.7 Å². The van der Waals surface area contributed by atoms with E-state index in [1.54, 1.807) is 12.1 Å². The van der Waals surface area contributed by atoms with Crippen LogP contribution in [0.25, 0.3) is 5.65 Å². The number of hydrogen-bond acceptors (Lipinski definition) is 5. The molecular formula is C18H17Cl2FN4O3. The molecule has 0 unspecified atom stereocenters. The number of nitrogens with one attached hydrogen (secondary N) is 2. The smallest absolute Gasteiger partial charge is 0.278 e. The first-order valence-electron chi connectivity index (χ1n) is 8.31. The van der Waals surface area contributed by atoms with Gasteiger partial charge >= 0.3 is 0 Å². The van der Waals surface area contributed by atoms with Crippen LogP contribution in [0.3, 0.4) is 0 Å². The van der Waals surface area contributed by atoms with Crippen LogP contribution in [0.1, 0.15) is 22.5 Å². The number of pyridine rings is 1. The zero-order valence-corrected chi connectivity index (χ0v) is 16.3. The Morgan fingerprint density at radius 1 is 1.39 bits per heavy atom. The number of aliphatic hydroxyl groups is 1. The first kappa shape index (κ1) is 20.3. The number of imidazole rings is 1. The van der Waals surface area contributed by atoms with Crippen molar-refractivity contribution in [1.29, 1.82) is 0 Å². The minimum atomic E-state index is -0.731. The summed E-state index contributed by atoms with van der Waals surface area (Å²) in [6.45, 7) is -0.0125. The summed E-state index contributed by atoms with van der Waals surface area (Å²) in [7, 11) is 1.28. The van der Waals surface area contributed by atoms with Gasteiger partial charge in [0.2, 0.25) is 0 Å². The number of halogens is 3. The fourth-order valence-electron chi connectivity index (χ4n) is 2.74. The Morgan fingerprint density at radius 2 is 2.18 bits per heavy atom. The normalized spacial score (nSPS) is 11.0. The molecule has 1 aromatic carbocycles. The number of anilines is 2. The monoisotopic (exact) mass is 426 g/mol. The number of aromatic nitrogens is 2. The number of aliphatic hydroxyl groups excluding tert-OH is 1. The van der Waals surface area contributed by atoms with Crippen molar-refractivity contribution in [3.8, 4) is 0 Å². The highest BCUT2D eigenvalue weighted by Gasteiger charge is 2.22. The summed E-state index contributed by atoms with van der Waals surface area (Å²) >= 11 is 12.1. The van der Waals surface area contributed by atoms with Gasteiger partial charge in [-0.2, -0.15) is 0 Å². The molecule has 2 heterocycles. The second-order valence-corrected chi connectivity index (χ2v) is 6.73. The lowest BCUT2D eigenvalue weighted by molar-refractivity contribution is 0.0537. The summed E-state index contributed by atoms with van der Waals surface area (Å²) < 4.78 is 16.8. The molecule has 0 spiro atoms. The molecule has 3 N–H and O–H groups in total. The number of fused-ring (bicyclic) bond motifs is 1. The zero-order chi connectivity index (χ0) is 20.3. The third-order valence-electron chi connectivity index (χ3n) is 4.04. The number of amides is 1. The van der Waals surface area contributed by atoms with Crippen LogP contribution in [0.15, 0.2) is 30.6 Å². The molecule has 0 atom stereocenters. The first-order chi connectivity index (χ1) is 13.5. The molecular weight excluding hydrogens is 410 g/mol. The van der Waals surface area contributed by atoms with Crippen molar-refractivity contribution >= 4 is 46.1 Å². The van der Waals surface area contributed by atoms with Crippen molar-refractivity contribution in [1.82, 2.24) is 14.9 Å². The maximum Gasteiger partial charge on any atom is 0.278 e. The van der Waals surface area contributed by atoms with E-state index in [9.17, 15) is 4.79 Å². The van der Waals surface area contributed by atoms with Gasteiger partial charge in [-0.25, -0.2) is 14.9 Å². The van der Waals surface area contributed by atoms with Crippen molar-refractivity contribution in [2.45, 2.75) is 12.8 Å². The maximum atomic E-state index is 15.3. The molecule has 0 saturated carbocycles. The number of benzene rings is 1. The third-order valence-corrected chi connectivity index (χ3v) is 4.59. The van der Waals surface area contributed by atoms with Crippen LogP contribution in [0.5, 0.6) is 0 Å². The maximum absolute atomic E-state index is 15.3. The number of aryl methyl sites for hydroxylation is 1. The van der Waals surface area contributed by atoms with E-state index < -0.39 is 11.7 Å². The van der Waals surface area contributed by atoms with Crippen LogP contribution in [0.2, 0.25) is 10.0 Å². The largest absolute Gasteiger partial charge is 0.396 e. The highest BCUT2D eigenvalue weighted by molar-refractivity contribution is 6.36. The van der Waals surface area contributed by atoms with Crippen molar-refractivity contribution < 1.29 is 19.1 Å². The highest BCUT2D eigenvalue weighted by Crippen LogP contribution is 2.32. The van der Waals surface area contributed by atoms with E-state index in [4.69, 9.17) is 28.3 Å². The molecule has 0 radical (unpaired) electrons. The summed E-state index contributed by atoms with van der Waals surface area (Å²) in [5, 5.41) is 12.6. The number of hydroxylamine groups is 1. The van der Waals surface area contributed by atoms with E-state index in [2.05, 4.69) is 20.6 Å². The Bertz CT molecular complexity index is 1030. The molecule has 3 aromatic rings. The molecule has 1 amide bonds. The summed E-state index contributed by atoms with van der Waals surface area (Å²) in [4.78, 5) is 21.3. The molecule has 0 bridgehead atoms. The van der Waals surface area contributed by atoms with Crippen LogP contribution in [-0.4, -0.2) is 34.1 Å². The Morgan fingerprint density at radius 3 is 2.86 bits per heavy atom. The van der Waals surface area contributed by atoms with E-state index in [-0.39, 0.29) is 28.5 Å². The molecule has 28 heavy (non-hydrogen) atoms. The zero-order valence-electron chi connectivity index (χ0n) is 14.8. The molecule has 7 nitrogen and oxygen atoms in total. The van der Waals surface area contributed by atoms with Crippen LogP contribution in [0.4, 0.5) is 15.8 Å².